The zero-order valence-corrected chi connectivity index (χ0v) is 8.83. The third-order valence-corrected chi connectivity index (χ3v) is 2.08. The second kappa shape index (κ2) is 5.87. The molecule has 0 saturated carbocycles. The van der Waals surface area contributed by atoms with Crippen LogP contribution in [0.15, 0.2) is 18.2 Å². The Bertz CT molecular complexity index is 435. The lowest BCUT2D eigenvalue weighted by Crippen LogP contribution is -2.18. The molecular weight excluding hydrogens is 230 g/mol. The van der Waals surface area contributed by atoms with Crippen molar-refractivity contribution in [1.29, 1.82) is 0 Å². The van der Waals surface area contributed by atoms with Crippen LogP contribution in [0.2, 0.25) is 0 Å². The summed E-state index contributed by atoms with van der Waals surface area (Å²) in [5.74, 6) is 0. The summed E-state index contributed by atoms with van der Waals surface area (Å²) in [6.07, 6.45) is 0. The van der Waals surface area contributed by atoms with Gasteiger partial charge in [0.2, 0.25) is 0 Å². The number of aliphatic hydroxyl groups excluding tert-OH is 1. The largest absolute Gasteiger partial charge is 0.395 e. The van der Waals surface area contributed by atoms with Gasteiger partial charge in [0.15, 0.2) is 0 Å². The van der Waals surface area contributed by atoms with Crippen LogP contribution in [-0.4, -0.2) is 28.1 Å². The van der Waals surface area contributed by atoms with E-state index in [1.807, 2.05) is 0 Å². The third kappa shape index (κ3) is 3.47. The molecule has 8 nitrogen and oxygen atoms in total. The van der Waals surface area contributed by atoms with E-state index in [1.54, 1.807) is 0 Å². The zero-order valence-electron chi connectivity index (χ0n) is 8.83. The Balaban J connectivity index is 2.96. The van der Waals surface area contributed by atoms with Gasteiger partial charge in [0.25, 0.3) is 11.4 Å². The smallest absolute Gasteiger partial charge is 0.280 e. The van der Waals surface area contributed by atoms with Crippen LogP contribution >= 0.6 is 0 Å². The van der Waals surface area contributed by atoms with Gasteiger partial charge in [0, 0.05) is 24.7 Å². The molecule has 0 aliphatic heterocycles. The minimum Gasteiger partial charge on any atom is -0.395 e. The van der Waals surface area contributed by atoms with Crippen molar-refractivity contribution in [1.82, 2.24) is 5.32 Å². The Morgan fingerprint density at radius 3 is 2.47 bits per heavy atom. The van der Waals surface area contributed by atoms with E-state index in [0.717, 1.165) is 6.07 Å². The first-order valence-electron chi connectivity index (χ1n) is 4.79. The van der Waals surface area contributed by atoms with Crippen molar-refractivity contribution in [2.75, 3.05) is 13.2 Å². The molecule has 0 bridgehead atoms. The van der Waals surface area contributed by atoms with E-state index in [9.17, 15) is 20.2 Å². The van der Waals surface area contributed by atoms with Gasteiger partial charge >= 0.3 is 0 Å². The predicted octanol–water partition coefficient (Wildman–Crippen LogP) is 0.585. The fraction of sp³-hybridized carbons (Fsp3) is 0.333. The van der Waals surface area contributed by atoms with Crippen LogP contribution in [0.3, 0.4) is 0 Å². The Hall–Kier alpha value is -2.06. The topological polar surface area (TPSA) is 119 Å². The lowest BCUT2D eigenvalue weighted by molar-refractivity contribution is -0.394. The molecule has 0 atom stereocenters. The van der Waals surface area contributed by atoms with E-state index in [0.29, 0.717) is 12.1 Å². The average molecular weight is 241 g/mol. The SMILES string of the molecule is O=[N+]([O-])c1ccc(CNCCO)c([N+](=O)[O-])c1. The van der Waals surface area contributed by atoms with E-state index >= 15 is 0 Å². The van der Waals surface area contributed by atoms with Gasteiger partial charge in [-0.2, -0.15) is 0 Å². The maximum absolute atomic E-state index is 10.7. The van der Waals surface area contributed by atoms with Gasteiger partial charge < -0.3 is 10.4 Å². The zero-order chi connectivity index (χ0) is 12.8. The number of non-ortho nitro benzene ring substituents is 1. The Morgan fingerprint density at radius 1 is 1.24 bits per heavy atom. The monoisotopic (exact) mass is 241 g/mol. The highest BCUT2D eigenvalue weighted by atomic mass is 16.6. The summed E-state index contributed by atoms with van der Waals surface area (Å²) in [4.78, 5) is 19.9. The highest BCUT2D eigenvalue weighted by Crippen LogP contribution is 2.24. The number of nitrogens with zero attached hydrogens (tertiary/aromatic N) is 2. The van der Waals surface area contributed by atoms with Crippen molar-refractivity contribution in [3.8, 4) is 0 Å². The van der Waals surface area contributed by atoms with Crippen LogP contribution in [0.4, 0.5) is 11.4 Å². The maximum atomic E-state index is 10.7. The lowest BCUT2D eigenvalue weighted by Gasteiger charge is -2.03. The highest BCUT2D eigenvalue weighted by molar-refractivity contribution is 5.49. The van der Waals surface area contributed by atoms with E-state index in [2.05, 4.69) is 5.32 Å². The molecule has 0 aliphatic carbocycles. The summed E-state index contributed by atoms with van der Waals surface area (Å²) in [6, 6.07) is 3.47. The van der Waals surface area contributed by atoms with Crippen LogP contribution in [0.25, 0.3) is 0 Å². The molecule has 1 rings (SSSR count). The van der Waals surface area contributed by atoms with E-state index < -0.39 is 9.85 Å². The van der Waals surface area contributed by atoms with Gasteiger partial charge in [0.1, 0.15) is 0 Å². The second-order valence-electron chi connectivity index (χ2n) is 3.23. The number of benzene rings is 1. The van der Waals surface area contributed by atoms with Gasteiger partial charge in [0.05, 0.1) is 22.5 Å². The summed E-state index contributed by atoms with van der Waals surface area (Å²) in [7, 11) is 0. The van der Waals surface area contributed by atoms with Crippen molar-refractivity contribution in [2.24, 2.45) is 0 Å². The van der Waals surface area contributed by atoms with Crippen molar-refractivity contribution in [3.63, 3.8) is 0 Å². The first-order chi connectivity index (χ1) is 8.06. The maximum Gasteiger partial charge on any atom is 0.280 e. The van der Waals surface area contributed by atoms with Crippen molar-refractivity contribution in [2.45, 2.75) is 6.54 Å². The number of nitro benzene ring substituents is 2. The molecule has 0 spiro atoms. The fourth-order valence-electron chi connectivity index (χ4n) is 1.29. The van der Waals surface area contributed by atoms with Crippen molar-refractivity contribution < 1.29 is 15.0 Å². The fourth-order valence-corrected chi connectivity index (χ4v) is 1.29. The van der Waals surface area contributed by atoms with Crippen LogP contribution in [0.1, 0.15) is 5.56 Å². The molecule has 2 N–H and O–H groups in total. The third-order valence-electron chi connectivity index (χ3n) is 2.08. The molecule has 92 valence electrons. The Kier molecular flexibility index (Phi) is 4.49. The quantitative estimate of drug-likeness (QED) is 0.427. The molecule has 0 heterocycles. The molecule has 0 amide bonds. The lowest BCUT2D eigenvalue weighted by atomic mass is 10.1. The molecular formula is C9H11N3O5. The predicted molar refractivity (Wildman–Crippen MR) is 58.5 cm³/mol. The molecule has 0 saturated heterocycles. The summed E-state index contributed by atoms with van der Waals surface area (Å²) in [6.45, 7) is 0.393. The standard InChI is InChI=1S/C9H11N3O5/c13-4-3-10-6-7-1-2-8(11(14)15)5-9(7)12(16)17/h1-2,5,10,13H,3-4,6H2. The second-order valence-corrected chi connectivity index (χ2v) is 3.23. The van der Waals surface area contributed by atoms with Gasteiger partial charge in [-0.05, 0) is 6.07 Å². The molecule has 17 heavy (non-hydrogen) atoms. The average Bonchev–Trinajstić information content (AvgIpc) is 2.29. The molecule has 0 radical (unpaired) electrons. The number of rotatable bonds is 6. The van der Waals surface area contributed by atoms with Crippen LogP contribution in [-0.2, 0) is 6.54 Å². The minimum atomic E-state index is -0.683. The molecule has 8 heteroatoms. The van der Waals surface area contributed by atoms with Crippen LogP contribution in [0, 0.1) is 20.2 Å². The highest BCUT2D eigenvalue weighted by Gasteiger charge is 2.18. The molecule has 0 aliphatic rings. The molecule has 0 fully saturated rings. The molecule has 0 unspecified atom stereocenters. The Morgan fingerprint density at radius 2 is 1.94 bits per heavy atom. The van der Waals surface area contributed by atoms with E-state index in [1.165, 1.54) is 12.1 Å². The molecule has 0 aromatic heterocycles. The van der Waals surface area contributed by atoms with Crippen molar-refractivity contribution in [3.05, 3.63) is 44.0 Å². The van der Waals surface area contributed by atoms with Gasteiger partial charge in [-0.15, -0.1) is 0 Å². The summed E-state index contributed by atoms with van der Waals surface area (Å²) < 4.78 is 0. The number of nitro groups is 2. The van der Waals surface area contributed by atoms with Gasteiger partial charge in [-0.1, -0.05) is 0 Å². The normalized spacial score (nSPS) is 10.2. The minimum absolute atomic E-state index is 0.0826. The molecule has 1 aromatic rings. The first-order valence-corrected chi connectivity index (χ1v) is 4.79. The van der Waals surface area contributed by atoms with E-state index in [-0.39, 0.29) is 24.5 Å². The summed E-state index contributed by atoms with van der Waals surface area (Å²) in [5, 5.41) is 32.5. The van der Waals surface area contributed by atoms with Gasteiger partial charge in [-0.3, -0.25) is 20.2 Å². The summed E-state index contributed by atoms with van der Waals surface area (Å²) in [5.41, 5.74) is -0.277. The number of aliphatic hydroxyl groups is 1. The molecule has 1 aromatic carbocycles. The van der Waals surface area contributed by atoms with Crippen molar-refractivity contribution >= 4 is 11.4 Å². The Labute approximate surface area is 96.2 Å². The number of hydrogen-bond donors (Lipinski definition) is 2. The number of hydrogen-bond acceptors (Lipinski definition) is 6. The van der Waals surface area contributed by atoms with Crippen LogP contribution in [0.5, 0.6) is 0 Å². The first kappa shape index (κ1) is 13.0. The summed E-state index contributed by atoms with van der Waals surface area (Å²) >= 11 is 0. The van der Waals surface area contributed by atoms with Crippen LogP contribution < -0.4 is 5.32 Å². The van der Waals surface area contributed by atoms with E-state index in [4.69, 9.17) is 5.11 Å². The number of nitrogens with one attached hydrogen (secondary N) is 1. The van der Waals surface area contributed by atoms with Gasteiger partial charge in [-0.25, -0.2) is 0 Å².